The Hall–Kier alpha value is -4.25. The molecule has 42 heavy (non-hydrogen) atoms. The number of nitrogens with one attached hydrogen (secondary N) is 2. The van der Waals surface area contributed by atoms with Crippen LogP contribution in [0.2, 0.25) is 0 Å². The highest BCUT2D eigenvalue weighted by molar-refractivity contribution is 6.15. The second-order valence-corrected chi connectivity index (χ2v) is 10.8. The molecule has 11 nitrogen and oxygen atoms in total. The van der Waals surface area contributed by atoms with E-state index in [1.807, 2.05) is 19.9 Å². The summed E-state index contributed by atoms with van der Waals surface area (Å²) in [4.78, 5) is 60.1. The molecular weight excluding hydrogens is 538 g/mol. The number of amides is 4. The molecule has 224 valence electrons. The van der Waals surface area contributed by atoms with E-state index in [2.05, 4.69) is 15.6 Å². The number of methoxy groups -OCH3 is 1. The number of benzene rings is 1. The molecule has 2 N–H and O–H groups in total. The van der Waals surface area contributed by atoms with Crippen LogP contribution in [0.5, 0.6) is 0 Å². The number of likely N-dealkylation sites (N-methyl/N-ethyl adjacent to an activating group) is 1. The average molecular weight is 578 g/mol. The van der Waals surface area contributed by atoms with Crippen LogP contribution in [0.1, 0.15) is 59.1 Å². The number of aryl methyl sites for hydroxylation is 1. The van der Waals surface area contributed by atoms with Gasteiger partial charge in [0.2, 0.25) is 17.6 Å². The van der Waals surface area contributed by atoms with Crippen molar-refractivity contribution in [1.82, 2.24) is 14.8 Å². The van der Waals surface area contributed by atoms with Gasteiger partial charge in [-0.05, 0) is 69.4 Å². The standard InChI is InChI=1S/C31H39N5O6/c1-6-36(15-16-41-5)31(40)22-12-13-24-23(17-22)26(27(42-24)29(38)33-25-14-7-19(2)18-32-25)34-28(37)20-8-10-21(11-9-20)30(39)35(3)4/h7,12-14,17-18,20-21H,6,8-11,15-16H2,1-5H3,(H,34,37)(H,32,33,38). The number of ether oxygens (including phenoxy) is 1. The van der Waals surface area contributed by atoms with E-state index in [0.717, 1.165) is 5.56 Å². The van der Waals surface area contributed by atoms with Gasteiger partial charge < -0.3 is 29.6 Å². The lowest BCUT2D eigenvalue weighted by molar-refractivity contribution is -0.135. The zero-order chi connectivity index (χ0) is 30.4. The number of hydrogen-bond donors (Lipinski definition) is 2. The van der Waals surface area contributed by atoms with Crippen molar-refractivity contribution in [1.29, 1.82) is 0 Å². The summed E-state index contributed by atoms with van der Waals surface area (Å²) >= 11 is 0. The Morgan fingerprint density at radius 3 is 2.36 bits per heavy atom. The zero-order valence-electron chi connectivity index (χ0n) is 24.9. The molecule has 11 heteroatoms. The predicted molar refractivity (Wildman–Crippen MR) is 159 cm³/mol. The lowest BCUT2D eigenvalue weighted by atomic mass is 9.81. The van der Waals surface area contributed by atoms with Crippen LogP contribution in [0, 0.1) is 18.8 Å². The molecule has 0 aliphatic heterocycles. The minimum atomic E-state index is -0.582. The maximum atomic E-state index is 13.5. The Labute approximate surface area is 245 Å². The summed E-state index contributed by atoms with van der Waals surface area (Å²) in [6, 6.07) is 8.41. The number of pyridine rings is 1. The summed E-state index contributed by atoms with van der Waals surface area (Å²) in [5.41, 5.74) is 1.88. The van der Waals surface area contributed by atoms with Crippen LogP contribution in [0.3, 0.4) is 0 Å². The predicted octanol–water partition coefficient (Wildman–Crippen LogP) is 4.33. The number of fused-ring (bicyclic) bond motifs is 1. The minimum absolute atomic E-state index is 0.0715. The first-order valence-corrected chi connectivity index (χ1v) is 14.2. The highest BCUT2D eigenvalue weighted by Crippen LogP contribution is 2.35. The van der Waals surface area contributed by atoms with Gasteiger partial charge in [-0.25, -0.2) is 4.98 Å². The number of anilines is 2. The highest BCUT2D eigenvalue weighted by Gasteiger charge is 2.32. The Morgan fingerprint density at radius 1 is 1.02 bits per heavy atom. The summed E-state index contributed by atoms with van der Waals surface area (Å²) < 4.78 is 11.1. The number of rotatable bonds is 10. The third-order valence-electron chi connectivity index (χ3n) is 7.66. The molecular formula is C31H39N5O6. The minimum Gasteiger partial charge on any atom is -0.449 e. The van der Waals surface area contributed by atoms with Crippen LogP contribution < -0.4 is 10.6 Å². The third kappa shape index (κ3) is 6.96. The second-order valence-electron chi connectivity index (χ2n) is 10.8. The van der Waals surface area contributed by atoms with Crippen molar-refractivity contribution in [3.05, 3.63) is 53.4 Å². The van der Waals surface area contributed by atoms with E-state index in [1.165, 1.54) is 0 Å². The van der Waals surface area contributed by atoms with Crippen LogP contribution in [-0.4, -0.2) is 79.3 Å². The highest BCUT2D eigenvalue weighted by atomic mass is 16.5. The quantitative estimate of drug-likeness (QED) is 0.366. The Balaban J connectivity index is 1.64. The van der Waals surface area contributed by atoms with Gasteiger partial charge in [0.15, 0.2) is 0 Å². The molecule has 0 saturated heterocycles. The molecule has 1 aliphatic carbocycles. The third-order valence-corrected chi connectivity index (χ3v) is 7.66. The average Bonchev–Trinajstić information content (AvgIpc) is 3.35. The fraction of sp³-hybridized carbons (Fsp3) is 0.452. The molecule has 0 spiro atoms. The fourth-order valence-electron chi connectivity index (χ4n) is 5.21. The smallest absolute Gasteiger partial charge is 0.294 e. The topological polar surface area (TPSA) is 134 Å². The number of nitrogens with zero attached hydrogens (tertiary/aromatic N) is 3. The molecule has 1 aromatic carbocycles. The van der Waals surface area contributed by atoms with E-state index in [0.29, 0.717) is 67.7 Å². The SMILES string of the molecule is CCN(CCOC)C(=O)c1ccc2oc(C(=O)Nc3ccc(C)cn3)c(NC(=O)C3CCC(C(=O)N(C)C)CC3)c2c1. The van der Waals surface area contributed by atoms with Gasteiger partial charge in [-0.1, -0.05) is 6.07 Å². The molecule has 2 aromatic heterocycles. The van der Waals surface area contributed by atoms with Gasteiger partial charge in [-0.2, -0.15) is 0 Å². The van der Waals surface area contributed by atoms with Gasteiger partial charge in [0.1, 0.15) is 17.1 Å². The molecule has 0 unspecified atom stereocenters. The zero-order valence-corrected chi connectivity index (χ0v) is 24.9. The van der Waals surface area contributed by atoms with E-state index < -0.39 is 5.91 Å². The van der Waals surface area contributed by atoms with Crippen molar-refractivity contribution >= 4 is 46.1 Å². The molecule has 4 rings (SSSR count). The van der Waals surface area contributed by atoms with Gasteiger partial charge in [-0.3, -0.25) is 19.2 Å². The first-order valence-electron chi connectivity index (χ1n) is 14.2. The summed E-state index contributed by atoms with van der Waals surface area (Å²) in [5.74, 6) is -1.16. The Kier molecular flexibility index (Phi) is 9.95. The lowest BCUT2D eigenvalue weighted by Gasteiger charge is -2.28. The second kappa shape index (κ2) is 13.6. The van der Waals surface area contributed by atoms with Crippen molar-refractivity contribution in [3.8, 4) is 0 Å². The van der Waals surface area contributed by atoms with Gasteiger partial charge in [0.25, 0.3) is 11.8 Å². The monoisotopic (exact) mass is 577 g/mol. The Bertz CT molecular complexity index is 1440. The van der Waals surface area contributed by atoms with Crippen LogP contribution in [0.4, 0.5) is 11.5 Å². The van der Waals surface area contributed by atoms with Crippen LogP contribution >= 0.6 is 0 Å². The molecule has 0 radical (unpaired) electrons. The van der Waals surface area contributed by atoms with Crippen LogP contribution in [-0.2, 0) is 14.3 Å². The van der Waals surface area contributed by atoms with Gasteiger partial charge in [0.05, 0.1) is 6.61 Å². The molecule has 2 heterocycles. The van der Waals surface area contributed by atoms with Crippen molar-refractivity contribution in [2.45, 2.75) is 39.5 Å². The maximum Gasteiger partial charge on any atom is 0.294 e. The molecule has 3 aromatic rings. The van der Waals surface area contributed by atoms with Crippen molar-refractivity contribution in [2.75, 3.05) is 51.5 Å². The summed E-state index contributed by atoms with van der Waals surface area (Å²) in [6.07, 6.45) is 3.96. The molecule has 1 saturated carbocycles. The largest absolute Gasteiger partial charge is 0.449 e. The number of aromatic nitrogens is 1. The molecule has 1 fully saturated rings. The number of carbonyl (C=O) groups is 4. The van der Waals surface area contributed by atoms with E-state index in [9.17, 15) is 19.2 Å². The van der Waals surface area contributed by atoms with Crippen LogP contribution in [0.25, 0.3) is 11.0 Å². The summed E-state index contributed by atoms with van der Waals surface area (Å²) in [7, 11) is 5.05. The maximum absolute atomic E-state index is 13.5. The molecule has 4 amide bonds. The van der Waals surface area contributed by atoms with E-state index in [4.69, 9.17) is 9.15 Å². The van der Waals surface area contributed by atoms with Gasteiger partial charge >= 0.3 is 0 Å². The molecule has 1 aliphatic rings. The Morgan fingerprint density at radius 2 is 1.74 bits per heavy atom. The van der Waals surface area contributed by atoms with Crippen molar-refractivity contribution < 1.29 is 28.3 Å². The first kappa shape index (κ1) is 30.7. The number of carbonyl (C=O) groups excluding carboxylic acids is 4. The summed E-state index contributed by atoms with van der Waals surface area (Å²) in [5, 5.41) is 6.11. The fourth-order valence-corrected chi connectivity index (χ4v) is 5.21. The van der Waals surface area contributed by atoms with E-state index in [1.54, 1.807) is 61.5 Å². The normalized spacial score (nSPS) is 16.6. The first-order chi connectivity index (χ1) is 20.1. The van der Waals surface area contributed by atoms with Crippen molar-refractivity contribution in [3.63, 3.8) is 0 Å². The van der Waals surface area contributed by atoms with E-state index >= 15 is 0 Å². The molecule has 0 bridgehead atoms. The van der Waals surface area contributed by atoms with Gasteiger partial charge in [0, 0.05) is 63.3 Å². The molecule has 0 atom stereocenters. The van der Waals surface area contributed by atoms with E-state index in [-0.39, 0.29) is 41.0 Å². The lowest BCUT2D eigenvalue weighted by Crippen LogP contribution is -2.35. The number of furan rings is 1. The summed E-state index contributed by atoms with van der Waals surface area (Å²) in [6.45, 7) is 5.09. The van der Waals surface area contributed by atoms with Crippen molar-refractivity contribution in [2.24, 2.45) is 11.8 Å². The van der Waals surface area contributed by atoms with Crippen LogP contribution in [0.15, 0.2) is 40.9 Å². The number of hydrogen-bond acceptors (Lipinski definition) is 7. The van der Waals surface area contributed by atoms with Gasteiger partial charge in [-0.15, -0.1) is 0 Å².